The average Bonchev–Trinajstić information content (AvgIpc) is 2.43. The van der Waals surface area contributed by atoms with Crippen LogP contribution in [0.1, 0.15) is 56.2 Å². The number of nitrogens with zero attached hydrogens (tertiary/aromatic N) is 1. The van der Waals surface area contributed by atoms with Gasteiger partial charge >= 0.3 is 0 Å². The van der Waals surface area contributed by atoms with Crippen molar-refractivity contribution in [3.05, 3.63) is 34.9 Å². The molecule has 1 saturated carbocycles. The van der Waals surface area contributed by atoms with Crippen LogP contribution in [0.4, 0.5) is 0 Å². The molecule has 0 radical (unpaired) electrons. The van der Waals surface area contributed by atoms with Gasteiger partial charge in [-0.15, -0.1) is 0 Å². The predicted molar refractivity (Wildman–Crippen MR) is 92.8 cm³/mol. The van der Waals surface area contributed by atoms with E-state index in [-0.39, 0.29) is 0 Å². The normalized spacial score (nSPS) is 26.6. The van der Waals surface area contributed by atoms with E-state index in [1.165, 1.54) is 48.8 Å². The third-order valence-electron chi connectivity index (χ3n) is 5.96. The van der Waals surface area contributed by atoms with Crippen molar-refractivity contribution in [2.45, 2.75) is 65.3 Å². The van der Waals surface area contributed by atoms with Crippen molar-refractivity contribution in [3.8, 4) is 0 Å². The fourth-order valence-corrected chi connectivity index (χ4v) is 3.92. The van der Waals surface area contributed by atoms with E-state index >= 15 is 0 Å². The van der Waals surface area contributed by atoms with Crippen LogP contribution in [-0.4, -0.2) is 24.5 Å². The smallest absolute Gasteiger partial charge is 0.0244 e. The second-order valence-electron chi connectivity index (χ2n) is 7.80. The van der Waals surface area contributed by atoms with Crippen molar-refractivity contribution in [2.24, 2.45) is 11.8 Å². The van der Waals surface area contributed by atoms with Crippen molar-refractivity contribution >= 4 is 0 Å². The Bertz CT molecular complexity index is 465. The molecule has 0 N–H and O–H groups in total. The molecule has 118 valence electrons. The average molecular weight is 287 g/mol. The minimum Gasteiger partial charge on any atom is -0.303 e. The van der Waals surface area contributed by atoms with Crippen molar-refractivity contribution in [1.82, 2.24) is 4.90 Å². The summed E-state index contributed by atoms with van der Waals surface area (Å²) in [4.78, 5) is 2.50. The number of likely N-dealkylation sites (N-methyl/N-ethyl adjacent to an activating group) is 1. The molecule has 0 spiro atoms. The third-order valence-corrected chi connectivity index (χ3v) is 5.96. The molecule has 0 heterocycles. The molecule has 0 aliphatic heterocycles. The Morgan fingerprint density at radius 3 is 2.19 bits per heavy atom. The Hall–Kier alpha value is -0.820. The molecule has 1 aromatic carbocycles. The Kier molecular flexibility index (Phi) is 5.14. The highest BCUT2D eigenvalue weighted by molar-refractivity contribution is 5.31. The Labute approximate surface area is 131 Å². The maximum Gasteiger partial charge on any atom is 0.0244 e. The molecule has 0 saturated heterocycles. The Morgan fingerprint density at radius 2 is 1.71 bits per heavy atom. The van der Waals surface area contributed by atoms with Crippen molar-refractivity contribution in [2.75, 3.05) is 14.1 Å². The van der Waals surface area contributed by atoms with Gasteiger partial charge in [-0.2, -0.15) is 0 Å². The molecular weight excluding hydrogens is 254 g/mol. The Morgan fingerprint density at radius 1 is 1.10 bits per heavy atom. The number of benzene rings is 1. The van der Waals surface area contributed by atoms with E-state index in [1.807, 2.05) is 0 Å². The molecule has 2 rings (SSSR count). The molecule has 0 atom stereocenters. The minimum absolute atomic E-state index is 0.368. The van der Waals surface area contributed by atoms with E-state index in [1.54, 1.807) is 0 Å². The number of aryl methyl sites for hydroxylation is 2. The van der Waals surface area contributed by atoms with Crippen LogP contribution in [0.15, 0.2) is 18.2 Å². The lowest BCUT2D eigenvalue weighted by Gasteiger charge is -2.46. The van der Waals surface area contributed by atoms with Crippen LogP contribution < -0.4 is 0 Å². The fraction of sp³-hybridized carbons (Fsp3) is 0.700. The molecule has 1 aliphatic carbocycles. The van der Waals surface area contributed by atoms with Crippen LogP contribution in [-0.2, 0) is 6.42 Å². The highest BCUT2D eigenvalue weighted by Gasteiger charge is 2.37. The summed E-state index contributed by atoms with van der Waals surface area (Å²) >= 11 is 0. The first-order chi connectivity index (χ1) is 9.84. The van der Waals surface area contributed by atoms with Crippen LogP contribution >= 0.6 is 0 Å². The van der Waals surface area contributed by atoms with E-state index < -0.39 is 0 Å². The Balaban J connectivity index is 2.14. The highest BCUT2D eigenvalue weighted by atomic mass is 15.1. The quantitative estimate of drug-likeness (QED) is 0.754. The lowest BCUT2D eigenvalue weighted by Crippen LogP contribution is -2.49. The first-order valence-corrected chi connectivity index (χ1v) is 8.57. The first-order valence-electron chi connectivity index (χ1n) is 8.57. The summed E-state index contributed by atoms with van der Waals surface area (Å²) < 4.78 is 0. The van der Waals surface area contributed by atoms with Gasteiger partial charge in [0, 0.05) is 5.54 Å². The third kappa shape index (κ3) is 3.69. The summed E-state index contributed by atoms with van der Waals surface area (Å²) in [5.74, 6) is 1.77. The molecule has 0 amide bonds. The van der Waals surface area contributed by atoms with Gasteiger partial charge in [0.2, 0.25) is 0 Å². The summed E-state index contributed by atoms with van der Waals surface area (Å²) in [5, 5.41) is 0. The summed E-state index contributed by atoms with van der Waals surface area (Å²) in [5.41, 5.74) is 4.71. The fourth-order valence-electron chi connectivity index (χ4n) is 3.92. The predicted octanol–water partition coefficient (Wildman–Crippen LogP) is 4.99. The van der Waals surface area contributed by atoms with Crippen LogP contribution in [0.25, 0.3) is 0 Å². The van der Waals surface area contributed by atoms with E-state index in [4.69, 9.17) is 0 Å². The molecule has 0 unspecified atom stereocenters. The van der Waals surface area contributed by atoms with E-state index in [0.29, 0.717) is 5.54 Å². The molecule has 0 bridgehead atoms. The zero-order chi connectivity index (χ0) is 15.6. The second-order valence-corrected chi connectivity index (χ2v) is 7.80. The number of hydrogen-bond acceptors (Lipinski definition) is 1. The largest absolute Gasteiger partial charge is 0.303 e. The SMILES string of the molecule is Cc1ccc(CC2(N(C)C)CCC(C(C)C)CC2)cc1C. The van der Waals surface area contributed by atoms with Crippen LogP contribution in [0.5, 0.6) is 0 Å². The molecule has 1 aliphatic rings. The lowest BCUT2D eigenvalue weighted by molar-refractivity contribution is 0.0683. The monoisotopic (exact) mass is 287 g/mol. The van der Waals surface area contributed by atoms with Gasteiger partial charge in [-0.25, -0.2) is 0 Å². The van der Waals surface area contributed by atoms with Crippen molar-refractivity contribution < 1.29 is 0 Å². The standard InChI is InChI=1S/C20H33N/c1-15(2)19-9-11-20(12-10-19,21(5)6)14-18-8-7-16(3)17(4)13-18/h7-8,13,15,19H,9-12,14H2,1-6H3. The van der Waals surface area contributed by atoms with Gasteiger partial charge in [0.25, 0.3) is 0 Å². The zero-order valence-corrected chi connectivity index (χ0v) is 14.9. The highest BCUT2D eigenvalue weighted by Crippen LogP contribution is 2.40. The van der Waals surface area contributed by atoms with Crippen LogP contribution in [0.3, 0.4) is 0 Å². The molecule has 1 heteroatoms. The molecule has 1 nitrogen and oxygen atoms in total. The summed E-state index contributed by atoms with van der Waals surface area (Å²) in [6.07, 6.45) is 6.67. The van der Waals surface area contributed by atoms with Crippen LogP contribution in [0, 0.1) is 25.7 Å². The van der Waals surface area contributed by atoms with Crippen molar-refractivity contribution in [1.29, 1.82) is 0 Å². The summed E-state index contributed by atoms with van der Waals surface area (Å²) in [6, 6.07) is 7.02. The summed E-state index contributed by atoms with van der Waals surface area (Å²) in [6.45, 7) is 9.21. The molecule has 1 aromatic rings. The maximum atomic E-state index is 2.50. The van der Waals surface area contributed by atoms with E-state index in [2.05, 4.69) is 64.9 Å². The first kappa shape index (κ1) is 16.5. The van der Waals surface area contributed by atoms with Gasteiger partial charge in [-0.3, -0.25) is 0 Å². The molecule has 21 heavy (non-hydrogen) atoms. The van der Waals surface area contributed by atoms with E-state index in [0.717, 1.165) is 11.8 Å². The maximum absolute atomic E-state index is 2.50. The van der Waals surface area contributed by atoms with Crippen molar-refractivity contribution in [3.63, 3.8) is 0 Å². The topological polar surface area (TPSA) is 3.24 Å². The van der Waals surface area contributed by atoms with Crippen LogP contribution in [0.2, 0.25) is 0 Å². The van der Waals surface area contributed by atoms with Gasteiger partial charge in [-0.1, -0.05) is 32.0 Å². The molecule has 1 fully saturated rings. The lowest BCUT2D eigenvalue weighted by atomic mass is 9.70. The number of rotatable bonds is 4. The van der Waals surface area contributed by atoms with Gasteiger partial charge in [0.1, 0.15) is 0 Å². The second kappa shape index (κ2) is 6.52. The van der Waals surface area contributed by atoms with Gasteiger partial charge < -0.3 is 4.90 Å². The zero-order valence-electron chi connectivity index (χ0n) is 14.9. The van der Waals surface area contributed by atoms with Gasteiger partial charge in [0.15, 0.2) is 0 Å². The van der Waals surface area contributed by atoms with Gasteiger partial charge in [-0.05, 0) is 88.6 Å². The minimum atomic E-state index is 0.368. The molecular formula is C20H33N. The van der Waals surface area contributed by atoms with Gasteiger partial charge in [0.05, 0.1) is 0 Å². The molecule has 0 aromatic heterocycles. The summed E-state index contributed by atoms with van der Waals surface area (Å²) in [7, 11) is 4.55. The number of hydrogen-bond donors (Lipinski definition) is 0. The van der Waals surface area contributed by atoms with E-state index in [9.17, 15) is 0 Å².